The maximum Gasteiger partial charge on any atom is 0.490 e. The van der Waals surface area contributed by atoms with Gasteiger partial charge in [0, 0.05) is 19.6 Å². The summed E-state index contributed by atoms with van der Waals surface area (Å²) in [6.45, 7) is 3.05. The zero-order valence-electron chi connectivity index (χ0n) is 16.9. The molecule has 2 aliphatic rings. The maximum absolute atomic E-state index is 12.3. The Hall–Kier alpha value is -2.41. The highest BCUT2D eigenvalue weighted by Crippen LogP contribution is 2.17. The Kier molecular flexibility index (Phi) is 11.3. The van der Waals surface area contributed by atoms with Crippen molar-refractivity contribution in [2.75, 3.05) is 39.3 Å². The summed E-state index contributed by atoms with van der Waals surface area (Å²) in [7, 11) is 0. The average Bonchev–Trinajstić information content (AvgIpc) is 2.72. The number of carboxylic acids is 2. The van der Waals surface area contributed by atoms with Gasteiger partial charge in [-0.25, -0.2) is 4.79 Å². The highest BCUT2D eigenvalue weighted by atomic mass is 19.4. The smallest absolute Gasteiger partial charge is 0.481 e. The lowest BCUT2D eigenvalue weighted by molar-refractivity contribution is -0.192. The summed E-state index contributed by atoms with van der Waals surface area (Å²) >= 11 is 0. The monoisotopic (exact) mass is 455 g/mol. The first-order valence-electron chi connectivity index (χ1n) is 9.90. The van der Waals surface area contributed by atoms with Crippen LogP contribution in [-0.4, -0.2) is 90.5 Å². The van der Waals surface area contributed by atoms with Crippen LogP contribution in [0.1, 0.15) is 32.1 Å². The molecule has 1 atom stereocenters. The summed E-state index contributed by atoms with van der Waals surface area (Å²) in [5.41, 5.74) is 0. The Labute approximate surface area is 177 Å². The molecule has 2 rings (SSSR count). The normalized spacial score (nSPS) is 19.7. The number of nitrogens with one attached hydrogen (secondary N) is 2. The fourth-order valence-corrected chi connectivity index (χ4v) is 3.10. The number of aliphatic carboxylic acids is 2. The second-order valence-electron chi connectivity index (χ2n) is 7.18. The SMILES string of the molecule is O=C(O)C(F)(F)F.O=C(O)CCNC(=O)[C@@H]1CCCN(C(=O)COC2CCNCC2)C1. The predicted octanol–water partition coefficient (Wildman–Crippen LogP) is 0.218. The van der Waals surface area contributed by atoms with Crippen LogP contribution in [0.15, 0.2) is 0 Å². The number of likely N-dealkylation sites (tertiary alicyclic amines) is 1. The molecular formula is C18H28F3N3O7. The predicted molar refractivity (Wildman–Crippen MR) is 100 cm³/mol. The molecule has 0 saturated carbocycles. The van der Waals surface area contributed by atoms with Crippen LogP contribution in [0.2, 0.25) is 0 Å². The van der Waals surface area contributed by atoms with Crippen LogP contribution in [0.3, 0.4) is 0 Å². The second kappa shape index (κ2) is 13.1. The molecule has 0 spiro atoms. The van der Waals surface area contributed by atoms with Crippen molar-refractivity contribution >= 4 is 23.8 Å². The Morgan fingerprint density at radius 2 is 1.71 bits per heavy atom. The number of amides is 2. The number of hydrogen-bond acceptors (Lipinski definition) is 6. The van der Waals surface area contributed by atoms with Crippen molar-refractivity contribution in [3.05, 3.63) is 0 Å². The molecule has 0 aromatic heterocycles. The quantitative estimate of drug-likeness (QED) is 0.427. The molecule has 2 fully saturated rings. The van der Waals surface area contributed by atoms with Gasteiger partial charge in [0.25, 0.3) is 0 Å². The lowest BCUT2D eigenvalue weighted by Gasteiger charge is -2.32. The minimum absolute atomic E-state index is 0.0675. The van der Waals surface area contributed by atoms with E-state index in [0.717, 1.165) is 38.8 Å². The first-order chi connectivity index (χ1) is 14.5. The first kappa shape index (κ1) is 26.6. The molecule has 0 aromatic carbocycles. The highest BCUT2D eigenvalue weighted by Gasteiger charge is 2.38. The van der Waals surface area contributed by atoms with Crippen LogP contribution in [0.4, 0.5) is 13.2 Å². The van der Waals surface area contributed by atoms with E-state index in [4.69, 9.17) is 19.7 Å². The minimum atomic E-state index is -5.08. The average molecular weight is 455 g/mol. The lowest BCUT2D eigenvalue weighted by atomic mass is 9.97. The molecule has 2 aliphatic heterocycles. The van der Waals surface area contributed by atoms with E-state index in [0.29, 0.717) is 13.1 Å². The van der Waals surface area contributed by atoms with Gasteiger partial charge < -0.3 is 30.5 Å². The van der Waals surface area contributed by atoms with Crippen LogP contribution < -0.4 is 10.6 Å². The van der Waals surface area contributed by atoms with E-state index in [1.165, 1.54) is 0 Å². The number of rotatable bonds is 7. The molecule has 0 bridgehead atoms. The van der Waals surface area contributed by atoms with Crippen molar-refractivity contribution < 1.29 is 47.3 Å². The minimum Gasteiger partial charge on any atom is -0.481 e. The number of nitrogens with zero attached hydrogens (tertiary/aromatic N) is 1. The number of hydrogen-bond donors (Lipinski definition) is 4. The van der Waals surface area contributed by atoms with Gasteiger partial charge in [0.2, 0.25) is 11.8 Å². The second-order valence-corrected chi connectivity index (χ2v) is 7.18. The number of alkyl halides is 3. The Balaban J connectivity index is 0.000000592. The third-order valence-corrected chi connectivity index (χ3v) is 4.75. The Morgan fingerprint density at radius 3 is 2.26 bits per heavy atom. The van der Waals surface area contributed by atoms with Crippen molar-refractivity contribution in [3.8, 4) is 0 Å². The van der Waals surface area contributed by atoms with Crippen LogP contribution in [0.25, 0.3) is 0 Å². The molecule has 2 saturated heterocycles. The summed E-state index contributed by atoms with van der Waals surface area (Å²) < 4.78 is 37.4. The van der Waals surface area contributed by atoms with Gasteiger partial charge in [0.1, 0.15) is 6.61 Å². The topological polar surface area (TPSA) is 145 Å². The Bertz CT molecular complexity index is 625. The van der Waals surface area contributed by atoms with E-state index < -0.39 is 18.1 Å². The van der Waals surface area contributed by atoms with Crippen molar-refractivity contribution in [2.24, 2.45) is 5.92 Å². The lowest BCUT2D eigenvalue weighted by Crippen LogP contribution is -2.47. The summed E-state index contributed by atoms with van der Waals surface area (Å²) in [6.07, 6.45) is -1.71. The van der Waals surface area contributed by atoms with Gasteiger partial charge in [-0.3, -0.25) is 14.4 Å². The zero-order valence-corrected chi connectivity index (χ0v) is 16.9. The Morgan fingerprint density at radius 1 is 1.10 bits per heavy atom. The van der Waals surface area contributed by atoms with Crippen molar-refractivity contribution in [3.63, 3.8) is 0 Å². The molecule has 4 N–H and O–H groups in total. The molecule has 0 unspecified atom stereocenters. The van der Waals surface area contributed by atoms with Crippen LogP contribution in [-0.2, 0) is 23.9 Å². The number of carboxylic acid groups (broad SMARTS) is 2. The third kappa shape index (κ3) is 11.0. The summed E-state index contributed by atoms with van der Waals surface area (Å²) in [5, 5.41) is 21.6. The third-order valence-electron chi connectivity index (χ3n) is 4.75. The standard InChI is InChI=1S/C16H27N3O5.C2HF3O2/c20-14(11-24-13-3-6-17-7-4-13)19-9-1-2-12(10-19)16(23)18-8-5-15(21)22;3-2(4,5)1(6)7/h12-13,17H,1-11H2,(H,18,23)(H,21,22);(H,6,7)/t12-;/m1./s1. The first-order valence-corrected chi connectivity index (χ1v) is 9.90. The van der Waals surface area contributed by atoms with E-state index in [1.54, 1.807) is 4.90 Å². The van der Waals surface area contributed by atoms with Gasteiger partial charge >= 0.3 is 18.1 Å². The van der Waals surface area contributed by atoms with Gasteiger partial charge in [-0.15, -0.1) is 0 Å². The highest BCUT2D eigenvalue weighted by molar-refractivity contribution is 5.82. The van der Waals surface area contributed by atoms with Crippen molar-refractivity contribution in [2.45, 2.75) is 44.4 Å². The number of piperidine rings is 2. The number of halogens is 3. The molecule has 0 aromatic rings. The van der Waals surface area contributed by atoms with E-state index in [1.807, 2.05) is 0 Å². The molecule has 2 amide bonds. The molecule has 0 aliphatic carbocycles. The van der Waals surface area contributed by atoms with Crippen LogP contribution in [0, 0.1) is 5.92 Å². The summed E-state index contributed by atoms with van der Waals surface area (Å²) in [4.78, 5) is 45.4. The summed E-state index contributed by atoms with van der Waals surface area (Å²) in [6, 6.07) is 0. The fourth-order valence-electron chi connectivity index (χ4n) is 3.10. The molecule has 13 heteroatoms. The van der Waals surface area contributed by atoms with E-state index in [9.17, 15) is 27.6 Å². The van der Waals surface area contributed by atoms with Gasteiger partial charge in [-0.2, -0.15) is 13.2 Å². The van der Waals surface area contributed by atoms with Gasteiger partial charge in [0.15, 0.2) is 0 Å². The zero-order chi connectivity index (χ0) is 23.4. The van der Waals surface area contributed by atoms with E-state index >= 15 is 0 Å². The largest absolute Gasteiger partial charge is 0.490 e. The van der Waals surface area contributed by atoms with E-state index in [2.05, 4.69) is 10.6 Å². The number of carbonyl (C=O) groups is 4. The summed E-state index contributed by atoms with van der Waals surface area (Å²) in [5.74, 6) is -4.21. The van der Waals surface area contributed by atoms with Crippen LogP contribution >= 0.6 is 0 Å². The molecule has 31 heavy (non-hydrogen) atoms. The maximum atomic E-state index is 12.3. The molecular weight excluding hydrogens is 427 g/mol. The fraction of sp³-hybridized carbons (Fsp3) is 0.778. The van der Waals surface area contributed by atoms with Gasteiger partial charge in [-0.1, -0.05) is 0 Å². The van der Waals surface area contributed by atoms with E-state index in [-0.39, 0.29) is 43.4 Å². The van der Waals surface area contributed by atoms with Crippen LogP contribution in [0.5, 0.6) is 0 Å². The van der Waals surface area contributed by atoms with Gasteiger partial charge in [0.05, 0.1) is 18.4 Å². The number of ether oxygens (including phenoxy) is 1. The molecule has 0 radical (unpaired) electrons. The number of carbonyl (C=O) groups excluding carboxylic acids is 2. The molecule has 178 valence electrons. The van der Waals surface area contributed by atoms with Crippen molar-refractivity contribution in [1.29, 1.82) is 0 Å². The van der Waals surface area contributed by atoms with Gasteiger partial charge in [-0.05, 0) is 38.8 Å². The molecule has 10 nitrogen and oxygen atoms in total. The van der Waals surface area contributed by atoms with Crippen molar-refractivity contribution in [1.82, 2.24) is 15.5 Å². The molecule has 2 heterocycles.